The van der Waals surface area contributed by atoms with Gasteiger partial charge in [-0.15, -0.1) is 0 Å². The second-order valence-electron chi connectivity index (χ2n) is 4.08. The molecule has 1 nitrogen and oxygen atoms in total. The molecule has 0 aliphatic heterocycles. The van der Waals surface area contributed by atoms with Crippen molar-refractivity contribution in [1.29, 1.82) is 0 Å². The van der Waals surface area contributed by atoms with Crippen molar-refractivity contribution >= 4 is 31.9 Å². The molecule has 0 saturated carbocycles. The van der Waals surface area contributed by atoms with Gasteiger partial charge < -0.3 is 4.74 Å². The van der Waals surface area contributed by atoms with Crippen LogP contribution in [0.4, 0.5) is 26.3 Å². The third kappa shape index (κ3) is 4.77. The van der Waals surface area contributed by atoms with Gasteiger partial charge in [0.1, 0.15) is 5.75 Å². The Morgan fingerprint density at radius 3 is 2.00 bits per heavy atom. The van der Waals surface area contributed by atoms with Crippen LogP contribution in [0.15, 0.2) is 22.7 Å². The van der Waals surface area contributed by atoms with Gasteiger partial charge >= 0.3 is 12.4 Å². The molecule has 0 N–H and O–H groups in total. The van der Waals surface area contributed by atoms with Crippen LogP contribution in [-0.4, -0.2) is 19.0 Å². The Labute approximate surface area is 133 Å². The van der Waals surface area contributed by atoms with Gasteiger partial charge in [-0.2, -0.15) is 26.3 Å². The maximum absolute atomic E-state index is 12.7. The minimum atomic E-state index is -5.41. The van der Waals surface area contributed by atoms with Gasteiger partial charge in [0.05, 0.1) is 11.4 Å². The highest BCUT2D eigenvalue weighted by atomic mass is 79.9. The fourth-order valence-electron chi connectivity index (χ4n) is 1.68. The minimum absolute atomic E-state index is 0.105. The topological polar surface area (TPSA) is 9.23 Å². The average Bonchev–Trinajstić information content (AvgIpc) is 2.25. The molecule has 1 aromatic carbocycles. The Morgan fingerprint density at radius 1 is 1.10 bits per heavy atom. The van der Waals surface area contributed by atoms with E-state index in [-0.39, 0.29) is 10.0 Å². The van der Waals surface area contributed by atoms with Crippen molar-refractivity contribution in [2.75, 3.05) is 6.61 Å². The number of halogens is 8. The number of rotatable bonds is 4. The highest BCUT2D eigenvalue weighted by Crippen LogP contribution is 2.51. The fourth-order valence-corrected chi connectivity index (χ4v) is 3.60. The summed E-state index contributed by atoms with van der Waals surface area (Å²) in [4.78, 5) is -1.96. The van der Waals surface area contributed by atoms with Gasteiger partial charge in [0.2, 0.25) is 0 Å². The molecule has 0 aliphatic rings. The predicted octanol–water partition coefficient (Wildman–Crippen LogP) is 6.02. The molecule has 0 amide bonds. The van der Waals surface area contributed by atoms with Crippen LogP contribution in [0.5, 0.6) is 5.75 Å². The largest absolute Gasteiger partial charge is 0.494 e. The maximum atomic E-state index is 12.7. The highest BCUT2D eigenvalue weighted by molar-refractivity contribution is 9.11. The predicted molar refractivity (Wildman–Crippen MR) is 72.6 cm³/mol. The molecule has 0 bridgehead atoms. The molecule has 1 rings (SSSR count). The smallest absolute Gasteiger partial charge is 0.401 e. The van der Waals surface area contributed by atoms with E-state index < -0.39 is 23.1 Å². The summed E-state index contributed by atoms with van der Waals surface area (Å²) in [5.41, 5.74) is -0.155. The van der Waals surface area contributed by atoms with Crippen LogP contribution in [-0.2, 0) is 0 Å². The van der Waals surface area contributed by atoms with Crippen molar-refractivity contribution < 1.29 is 31.1 Å². The molecule has 0 saturated heterocycles. The van der Waals surface area contributed by atoms with Crippen LogP contribution in [0, 0.1) is 5.92 Å². The molecule has 21 heavy (non-hydrogen) atoms. The molecule has 0 spiro atoms. The maximum Gasteiger partial charge on any atom is 0.401 e. The molecular weight excluding hydrogens is 434 g/mol. The lowest BCUT2D eigenvalue weighted by Gasteiger charge is -2.28. The molecule has 0 aromatic heterocycles. The zero-order valence-electron chi connectivity index (χ0n) is 10.5. The van der Waals surface area contributed by atoms with Crippen molar-refractivity contribution in [1.82, 2.24) is 0 Å². The van der Waals surface area contributed by atoms with E-state index in [2.05, 4.69) is 31.9 Å². The molecule has 0 heterocycles. The highest BCUT2D eigenvalue weighted by Gasteiger charge is 2.60. The van der Waals surface area contributed by atoms with Gasteiger partial charge in [0.25, 0.3) is 0 Å². The van der Waals surface area contributed by atoms with Crippen LogP contribution >= 0.6 is 31.9 Å². The van der Waals surface area contributed by atoms with Gasteiger partial charge in [0, 0.05) is 4.47 Å². The summed E-state index contributed by atoms with van der Waals surface area (Å²) in [5.74, 6) is -3.15. The molecule has 120 valence electrons. The van der Waals surface area contributed by atoms with Gasteiger partial charge in [-0.3, -0.25) is 0 Å². The molecule has 0 aliphatic carbocycles. The zero-order chi connectivity index (χ0) is 16.4. The summed E-state index contributed by atoms with van der Waals surface area (Å²) >= 11 is 5.50. The number of alkyl halides is 7. The van der Waals surface area contributed by atoms with Crippen LogP contribution in [0.25, 0.3) is 0 Å². The summed E-state index contributed by atoms with van der Waals surface area (Å²) in [6.45, 7) is 2.04. The summed E-state index contributed by atoms with van der Waals surface area (Å²) in [5, 5.41) is 0. The monoisotopic (exact) mass is 442 g/mol. The van der Waals surface area contributed by atoms with E-state index in [9.17, 15) is 26.3 Å². The van der Waals surface area contributed by atoms with Crippen molar-refractivity contribution in [2.45, 2.75) is 24.1 Å². The summed E-state index contributed by atoms with van der Waals surface area (Å²) in [6.07, 6.45) is -10.8. The van der Waals surface area contributed by atoms with E-state index in [4.69, 9.17) is 4.74 Å². The summed E-state index contributed by atoms with van der Waals surface area (Å²) in [7, 11) is 0. The second-order valence-corrected chi connectivity index (χ2v) is 5.92. The third-order valence-corrected chi connectivity index (χ3v) is 4.29. The van der Waals surface area contributed by atoms with Gasteiger partial charge in [-0.1, -0.05) is 37.9 Å². The second kappa shape index (κ2) is 6.76. The van der Waals surface area contributed by atoms with E-state index in [1.165, 1.54) is 18.2 Å². The minimum Gasteiger partial charge on any atom is -0.494 e. The summed E-state index contributed by atoms with van der Waals surface area (Å²) in [6, 6.07) is 3.82. The van der Waals surface area contributed by atoms with E-state index >= 15 is 0 Å². The van der Waals surface area contributed by atoms with E-state index in [0.29, 0.717) is 12.4 Å². The van der Waals surface area contributed by atoms with Crippen LogP contribution in [0.2, 0.25) is 0 Å². The number of hydrogen-bond acceptors (Lipinski definition) is 1. The number of benzene rings is 1. The standard InChI is InChI=1S/C12H10Br2F6O/c1-2-21-6-3-4-7(8(13)5-6)9(14)10(11(15,16)17)12(18,19)20/h3-5,9-10H,2H2,1H3. The Kier molecular flexibility index (Phi) is 5.99. The molecular formula is C12H10Br2F6O. The van der Waals surface area contributed by atoms with Crippen LogP contribution in [0.1, 0.15) is 17.3 Å². The van der Waals surface area contributed by atoms with Gasteiger partial charge in [0.15, 0.2) is 5.92 Å². The molecule has 1 aromatic rings. The Hall–Kier alpha value is -0.440. The van der Waals surface area contributed by atoms with E-state index in [1.807, 2.05) is 0 Å². The summed E-state index contributed by atoms with van der Waals surface area (Å²) < 4.78 is 81.4. The number of ether oxygens (including phenoxy) is 1. The lowest BCUT2D eigenvalue weighted by atomic mass is 9.98. The average molecular weight is 444 g/mol. The number of hydrogen-bond donors (Lipinski definition) is 0. The molecule has 1 atom stereocenters. The van der Waals surface area contributed by atoms with Gasteiger partial charge in [-0.25, -0.2) is 0 Å². The fraction of sp³-hybridized carbons (Fsp3) is 0.500. The third-order valence-electron chi connectivity index (χ3n) is 2.58. The Balaban J connectivity index is 3.19. The Morgan fingerprint density at radius 2 is 1.62 bits per heavy atom. The first-order chi connectivity index (χ1) is 9.48. The first-order valence-electron chi connectivity index (χ1n) is 5.68. The SMILES string of the molecule is CCOc1ccc(C(Br)C(C(F)(F)F)C(F)(F)F)c(Br)c1. The zero-order valence-corrected chi connectivity index (χ0v) is 13.7. The van der Waals surface area contributed by atoms with Crippen molar-refractivity contribution in [3.05, 3.63) is 28.2 Å². The Bertz CT molecular complexity index is 472. The lowest BCUT2D eigenvalue weighted by Crippen LogP contribution is -2.39. The molecule has 9 heteroatoms. The van der Waals surface area contributed by atoms with Crippen molar-refractivity contribution in [2.24, 2.45) is 5.92 Å². The van der Waals surface area contributed by atoms with Crippen LogP contribution in [0.3, 0.4) is 0 Å². The normalized spacial score (nSPS) is 14.4. The van der Waals surface area contributed by atoms with Gasteiger partial charge in [-0.05, 0) is 24.6 Å². The molecule has 0 fully saturated rings. The van der Waals surface area contributed by atoms with Crippen molar-refractivity contribution in [3.63, 3.8) is 0 Å². The lowest BCUT2D eigenvalue weighted by molar-refractivity contribution is -0.283. The molecule has 0 radical (unpaired) electrons. The quantitative estimate of drug-likeness (QED) is 0.408. The first-order valence-corrected chi connectivity index (χ1v) is 7.39. The van der Waals surface area contributed by atoms with Crippen LogP contribution < -0.4 is 4.74 Å². The first kappa shape index (κ1) is 18.6. The van der Waals surface area contributed by atoms with E-state index in [1.54, 1.807) is 6.92 Å². The van der Waals surface area contributed by atoms with E-state index in [0.717, 1.165) is 0 Å². The molecule has 1 unspecified atom stereocenters. The van der Waals surface area contributed by atoms with Crippen molar-refractivity contribution in [3.8, 4) is 5.75 Å².